The first kappa shape index (κ1) is 14.8. The number of fused-ring (bicyclic) bond motifs is 1. The number of aromatic carboxylic acids is 1. The minimum atomic E-state index is -0.988. The molecule has 0 aliphatic heterocycles. The fraction of sp³-hybridized carbons (Fsp3) is 0.267. The molecule has 0 atom stereocenters. The Balaban J connectivity index is 2.28. The van der Waals surface area contributed by atoms with Crippen molar-refractivity contribution in [3.63, 3.8) is 0 Å². The Morgan fingerprint density at radius 3 is 2.62 bits per heavy atom. The van der Waals surface area contributed by atoms with Crippen molar-refractivity contribution in [1.82, 2.24) is 4.98 Å². The van der Waals surface area contributed by atoms with Crippen LogP contribution in [0.25, 0.3) is 10.9 Å². The van der Waals surface area contributed by atoms with Gasteiger partial charge in [0.15, 0.2) is 0 Å². The van der Waals surface area contributed by atoms with Gasteiger partial charge in [0, 0.05) is 11.9 Å². The number of carbonyl (C=O) groups excluding carboxylic acids is 1. The maximum atomic E-state index is 11.3. The Hall–Kier alpha value is -2.63. The molecule has 0 bridgehead atoms. The highest BCUT2D eigenvalue weighted by molar-refractivity contribution is 6.02. The number of carboxylic acid groups (broad SMARTS) is 1. The summed E-state index contributed by atoms with van der Waals surface area (Å²) in [5.74, 6) is -0.818. The van der Waals surface area contributed by atoms with E-state index in [9.17, 15) is 9.59 Å². The van der Waals surface area contributed by atoms with Gasteiger partial charge in [-0.3, -0.25) is 4.79 Å². The molecule has 1 amide bonds. The van der Waals surface area contributed by atoms with Crippen LogP contribution in [0, 0.1) is 5.41 Å². The summed E-state index contributed by atoms with van der Waals surface area (Å²) in [4.78, 5) is 26.8. The van der Waals surface area contributed by atoms with Crippen molar-refractivity contribution in [1.29, 1.82) is 0 Å². The predicted octanol–water partition coefficient (Wildman–Crippen LogP) is 1.86. The van der Waals surface area contributed by atoms with Crippen molar-refractivity contribution in [2.45, 2.75) is 13.8 Å². The lowest BCUT2D eigenvalue weighted by molar-refractivity contribution is -0.125. The van der Waals surface area contributed by atoms with Gasteiger partial charge in [0.05, 0.1) is 16.5 Å². The number of nitrogens with one attached hydrogen (secondary N) is 1. The zero-order chi connectivity index (χ0) is 15.6. The third-order valence-electron chi connectivity index (χ3n) is 3.34. The van der Waals surface area contributed by atoms with Crippen LogP contribution in [0.5, 0.6) is 0 Å². The average Bonchev–Trinajstić information content (AvgIpc) is 2.44. The van der Waals surface area contributed by atoms with Crippen molar-refractivity contribution in [3.05, 3.63) is 35.9 Å². The summed E-state index contributed by atoms with van der Waals surface area (Å²) in [5, 5.41) is 12.8. The van der Waals surface area contributed by atoms with Crippen LogP contribution in [0.2, 0.25) is 0 Å². The molecule has 0 saturated carbocycles. The van der Waals surface area contributed by atoms with Gasteiger partial charge in [0.25, 0.3) is 0 Å². The summed E-state index contributed by atoms with van der Waals surface area (Å²) >= 11 is 0. The van der Waals surface area contributed by atoms with Crippen LogP contribution >= 0.6 is 0 Å². The van der Waals surface area contributed by atoms with Crippen LogP contribution < -0.4 is 11.1 Å². The molecule has 0 fully saturated rings. The van der Waals surface area contributed by atoms with Gasteiger partial charge in [0.2, 0.25) is 5.91 Å². The van der Waals surface area contributed by atoms with Gasteiger partial charge in [-0.15, -0.1) is 0 Å². The monoisotopic (exact) mass is 287 g/mol. The van der Waals surface area contributed by atoms with Crippen LogP contribution in [0.15, 0.2) is 30.3 Å². The highest BCUT2D eigenvalue weighted by atomic mass is 16.4. The molecule has 0 unspecified atom stereocenters. The minimum Gasteiger partial charge on any atom is -0.478 e. The third kappa shape index (κ3) is 3.10. The quantitative estimate of drug-likeness (QED) is 0.778. The van der Waals surface area contributed by atoms with E-state index in [1.54, 1.807) is 38.1 Å². The number of benzene rings is 1. The number of nitrogens with zero attached hydrogens (tertiary/aromatic N) is 1. The molecule has 21 heavy (non-hydrogen) atoms. The number of aromatic nitrogens is 1. The smallest absolute Gasteiger partial charge is 0.336 e. The zero-order valence-corrected chi connectivity index (χ0v) is 11.9. The number of hydrogen-bond donors (Lipinski definition) is 3. The first-order valence-corrected chi connectivity index (χ1v) is 6.48. The lowest BCUT2D eigenvalue weighted by Crippen LogP contribution is -2.37. The van der Waals surface area contributed by atoms with Crippen molar-refractivity contribution in [3.8, 4) is 0 Å². The third-order valence-corrected chi connectivity index (χ3v) is 3.34. The van der Waals surface area contributed by atoms with E-state index in [1.165, 1.54) is 6.07 Å². The number of primary amides is 1. The molecule has 0 aliphatic rings. The van der Waals surface area contributed by atoms with E-state index in [4.69, 9.17) is 10.8 Å². The molecular weight excluding hydrogens is 270 g/mol. The van der Waals surface area contributed by atoms with E-state index in [1.807, 2.05) is 0 Å². The highest BCUT2D eigenvalue weighted by Crippen LogP contribution is 2.21. The molecule has 0 radical (unpaired) electrons. The summed E-state index contributed by atoms with van der Waals surface area (Å²) in [6.07, 6.45) is 0. The zero-order valence-electron chi connectivity index (χ0n) is 11.9. The number of anilines is 1. The standard InChI is InChI=1S/C15H17N3O3/c1-15(2,14(16)21)8-17-12-7-6-9-10(13(19)20)4-3-5-11(9)18-12/h3-7H,8H2,1-2H3,(H2,16,21)(H,17,18)(H,19,20). The molecule has 0 spiro atoms. The van der Waals surface area contributed by atoms with Crippen molar-refractivity contribution >= 4 is 28.6 Å². The Morgan fingerprint density at radius 1 is 1.29 bits per heavy atom. The maximum Gasteiger partial charge on any atom is 0.336 e. The van der Waals surface area contributed by atoms with Gasteiger partial charge in [-0.2, -0.15) is 0 Å². The van der Waals surface area contributed by atoms with Gasteiger partial charge in [-0.25, -0.2) is 9.78 Å². The summed E-state index contributed by atoms with van der Waals surface area (Å²) < 4.78 is 0. The highest BCUT2D eigenvalue weighted by Gasteiger charge is 2.24. The maximum absolute atomic E-state index is 11.3. The van der Waals surface area contributed by atoms with Crippen molar-refractivity contribution in [2.24, 2.45) is 11.1 Å². The molecule has 6 nitrogen and oxygen atoms in total. The number of amides is 1. The van der Waals surface area contributed by atoms with Gasteiger partial charge in [0.1, 0.15) is 5.82 Å². The first-order valence-electron chi connectivity index (χ1n) is 6.48. The molecule has 2 aromatic rings. The number of nitrogens with two attached hydrogens (primary N) is 1. The second kappa shape index (κ2) is 5.40. The second-order valence-electron chi connectivity index (χ2n) is 5.48. The normalized spacial score (nSPS) is 11.3. The van der Waals surface area contributed by atoms with Gasteiger partial charge in [-0.05, 0) is 38.1 Å². The Labute approximate surface area is 122 Å². The second-order valence-corrected chi connectivity index (χ2v) is 5.48. The van der Waals surface area contributed by atoms with E-state index >= 15 is 0 Å². The Morgan fingerprint density at radius 2 is 2.00 bits per heavy atom. The number of hydrogen-bond acceptors (Lipinski definition) is 4. The van der Waals surface area contributed by atoms with E-state index in [0.29, 0.717) is 23.3 Å². The van der Waals surface area contributed by atoms with Crippen molar-refractivity contribution in [2.75, 3.05) is 11.9 Å². The predicted molar refractivity (Wildman–Crippen MR) is 80.2 cm³/mol. The van der Waals surface area contributed by atoms with Crippen LogP contribution in [-0.4, -0.2) is 28.5 Å². The van der Waals surface area contributed by atoms with Crippen molar-refractivity contribution < 1.29 is 14.7 Å². The lowest BCUT2D eigenvalue weighted by atomic mass is 9.93. The van der Waals surface area contributed by atoms with Crippen LogP contribution in [-0.2, 0) is 4.79 Å². The lowest BCUT2D eigenvalue weighted by Gasteiger charge is -2.21. The molecule has 0 saturated heterocycles. The van der Waals surface area contributed by atoms with Gasteiger partial charge < -0.3 is 16.2 Å². The molecule has 6 heteroatoms. The summed E-state index contributed by atoms with van der Waals surface area (Å²) in [7, 11) is 0. The van der Waals surface area contributed by atoms with Crippen LogP contribution in [0.1, 0.15) is 24.2 Å². The number of rotatable bonds is 5. The minimum absolute atomic E-state index is 0.212. The van der Waals surface area contributed by atoms with Gasteiger partial charge >= 0.3 is 5.97 Å². The van der Waals surface area contributed by atoms with Crippen LogP contribution in [0.4, 0.5) is 5.82 Å². The fourth-order valence-corrected chi connectivity index (χ4v) is 1.84. The van der Waals surface area contributed by atoms with E-state index in [2.05, 4.69) is 10.3 Å². The Kier molecular flexibility index (Phi) is 3.80. The average molecular weight is 287 g/mol. The topological polar surface area (TPSA) is 105 Å². The molecule has 1 heterocycles. The number of pyridine rings is 1. The molecule has 1 aromatic carbocycles. The SMILES string of the molecule is CC(C)(CNc1ccc2c(C(=O)O)cccc2n1)C(N)=O. The molecular formula is C15H17N3O3. The molecule has 4 N–H and O–H groups in total. The van der Waals surface area contributed by atoms with E-state index in [0.717, 1.165) is 0 Å². The summed E-state index contributed by atoms with van der Waals surface area (Å²) in [6, 6.07) is 8.31. The number of carboxylic acids is 1. The summed E-state index contributed by atoms with van der Waals surface area (Å²) in [6.45, 7) is 3.83. The number of carbonyl (C=O) groups is 2. The van der Waals surface area contributed by atoms with Gasteiger partial charge in [-0.1, -0.05) is 6.07 Å². The largest absolute Gasteiger partial charge is 0.478 e. The van der Waals surface area contributed by atoms with E-state index in [-0.39, 0.29) is 5.56 Å². The molecule has 0 aliphatic carbocycles. The van der Waals surface area contributed by atoms with Crippen LogP contribution in [0.3, 0.4) is 0 Å². The molecule has 110 valence electrons. The summed E-state index contributed by atoms with van der Waals surface area (Å²) in [5.41, 5.74) is 5.41. The Bertz CT molecular complexity index is 710. The first-order chi connectivity index (χ1) is 9.81. The molecule has 1 aromatic heterocycles. The van der Waals surface area contributed by atoms with E-state index < -0.39 is 17.3 Å². The fourth-order valence-electron chi connectivity index (χ4n) is 1.84. The molecule has 2 rings (SSSR count).